The lowest BCUT2D eigenvalue weighted by atomic mass is 9.86. The molecule has 2 heterocycles. The quantitative estimate of drug-likeness (QED) is 0.907. The van der Waals surface area contributed by atoms with Gasteiger partial charge in [0.1, 0.15) is 0 Å². The average molecular weight is 365 g/mol. The summed E-state index contributed by atoms with van der Waals surface area (Å²) in [5.74, 6) is -0.0192. The molecule has 1 saturated heterocycles. The normalized spacial score (nSPS) is 15.4. The molecule has 5 heteroatoms. The number of piperidine rings is 1. The maximum Gasteiger partial charge on any atom is 0.253 e. The Labute approximate surface area is 160 Å². The van der Waals surface area contributed by atoms with Crippen LogP contribution in [0.15, 0.2) is 48.8 Å². The van der Waals surface area contributed by atoms with Gasteiger partial charge in [0.05, 0.1) is 0 Å². The van der Waals surface area contributed by atoms with Crippen LogP contribution < -0.4 is 5.32 Å². The molecule has 2 amide bonds. The summed E-state index contributed by atoms with van der Waals surface area (Å²) in [6.45, 7) is 7.76. The van der Waals surface area contributed by atoms with E-state index in [-0.39, 0.29) is 23.3 Å². The molecule has 1 aliphatic heterocycles. The molecule has 5 nitrogen and oxygen atoms in total. The summed E-state index contributed by atoms with van der Waals surface area (Å²) in [6, 6.07) is 11.4. The number of rotatable bonds is 3. The van der Waals surface area contributed by atoms with Crippen molar-refractivity contribution in [2.24, 2.45) is 0 Å². The van der Waals surface area contributed by atoms with Gasteiger partial charge in [-0.05, 0) is 48.1 Å². The zero-order chi connectivity index (χ0) is 19.4. The number of carbonyl (C=O) groups excluding carboxylic acids is 2. The minimum atomic E-state index is -0.0469. The molecule has 0 unspecified atom stereocenters. The van der Waals surface area contributed by atoms with E-state index in [1.165, 1.54) is 5.56 Å². The van der Waals surface area contributed by atoms with E-state index in [4.69, 9.17) is 0 Å². The molecule has 0 spiro atoms. The monoisotopic (exact) mass is 365 g/mol. The molecule has 0 aliphatic carbocycles. The molecule has 1 N–H and O–H groups in total. The van der Waals surface area contributed by atoms with Gasteiger partial charge in [0, 0.05) is 42.7 Å². The fourth-order valence-electron chi connectivity index (χ4n) is 3.29. The first-order valence-corrected chi connectivity index (χ1v) is 9.45. The van der Waals surface area contributed by atoms with Crippen molar-refractivity contribution in [3.8, 4) is 0 Å². The van der Waals surface area contributed by atoms with Gasteiger partial charge in [0.15, 0.2) is 0 Å². The number of carbonyl (C=O) groups is 2. The van der Waals surface area contributed by atoms with Crippen molar-refractivity contribution >= 4 is 11.8 Å². The lowest BCUT2D eigenvalue weighted by Crippen LogP contribution is -2.46. The summed E-state index contributed by atoms with van der Waals surface area (Å²) in [6.07, 6.45) is 4.79. The fraction of sp³-hybridized carbons (Fsp3) is 0.409. The second kappa shape index (κ2) is 7.91. The highest BCUT2D eigenvalue weighted by molar-refractivity contribution is 5.95. The Morgan fingerprint density at radius 3 is 2.11 bits per heavy atom. The molecule has 27 heavy (non-hydrogen) atoms. The predicted molar refractivity (Wildman–Crippen MR) is 106 cm³/mol. The first-order valence-electron chi connectivity index (χ1n) is 9.45. The smallest absolute Gasteiger partial charge is 0.253 e. The molecule has 0 bridgehead atoms. The molecule has 142 valence electrons. The summed E-state index contributed by atoms with van der Waals surface area (Å²) in [7, 11) is 0. The Bertz CT molecular complexity index is 787. The molecular weight excluding hydrogens is 338 g/mol. The van der Waals surface area contributed by atoms with Crippen molar-refractivity contribution in [3.63, 3.8) is 0 Å². The van der Waals surface area contributed by atoms with Crippen LogP contribution in [-0.2, 0) is 5.41 Å². The number of nitrogens with zero attached hydrogens (tertiary/aromatic N) is 2. The van der Waals surface area contributed by atoms with Gasteiger partial charge >= 0.3 is 0 Å². The maximum atomic E-state index is 12.5. The molecule has 0 saturated carbocycles. The van der Waals surface area contributed by atoms with Crippen LogP contribution in [0.3, 0.4) is 0 Å². The first kappa shape index (κ1) is 19.1. The highest BCUT2D eigenvalue weighted by Crippen LogP contribution is 2.22. The molecular formula is C22H27N3O2. The van der Waals surface area contributed by atoms with Crippen LogP contribution in [0.2, 0.25) is 0 Å². The van der Waals surface area contributed by atoms with E-state index in [0.717, 1.165) is 12.8 Å². The number of benzene rings is 1. The highest BCUT2D eigenvalue weighted by atomic mass is 16.2. The van der Waals surface area contributed by atoms with Crippen LogP contribution in [0, 0.1) is 0 Å². The van der Waals surface area contributed by atoms with Gasteiger partial charge in [0.25, 0.3) is 11.8 Å². The number of amides is 2. The second-order valence-electron chi connectivity index (χ2n) is 8.10. The Morgan fingerprint density at radius 2 is 1.56 bits per heavy atom. The van der Waals surface area contributed by atoms with Gasteiger partial charge in [-0.15, -0.1) is 0 Å². The van der Waals surface area contributed by atoms with Gasteiger partial charge < -0.3 is 10.2 Å². The van der Waals surface area contributed by atoms with Gasteiger partial charge in [0.2, 0.25) is 0 Å². The van der Waals surface area contributed by atoms with Crippen LogP contribution in [0.1, 0.15) is 59.9 Å². The van der Waals surface area contributed by atoms with E-state index in [1.807, 2.05) is 29.2 Å². The first-order chi connectivity index (χ1) is 12.8. The minimum Gasteiger partial charge on any atom is -0.349 e. The Hall–Kier alpha value is -2.69. The predicted octanol–water partition coefficient (Wildman–Crippen LogP) is 3.41. The van der Waals surface area contributed by atoms with Crippen molar-refractivity contribution in [2.75, 3.05) is 13.1 Å². The molecule has 1 aromatic carbocycles. The van der Waals surface area contributed by atoms with Crippen LogP contribution in [0.25, 0.3) is 0 Å². The van der Waals surface area contributed by atoms with Gasteiger partial charge in [-0.3, -0.25) is 14.6 Å². The molecule has 0 radical (unpaired) electrons. The van der Waals surface area contributed by atoms with E-state index < -0.39 is 0 Å². The number of hydrogen-bond acceptors (Lipinski definition) is 3. The molecule has 2 aromatic rings. The zero-order valence-corrected chi connectivity index (χ0v) is 16.2. The van der Waals surface area contributed by atoms with Crippen LogP contribution >= 0.6 is 0 Å². The van der Waals surface area contributed by atoms with Crippen LogP contribution in [0.5, 0.6) is 0 Å². The standard InChI is InChI=1S/C22H27N3O2/c1-22(2,3)18-6-4-16(5-7-18)20(26)24-19-10-14-25(15-11-19)21(27)17-8-12-23-13-9-17/h4-9,12-13,19H,10-11,14-15H2,1-3H3,(H,24,26). The lowest BCUT2D eigenvalue weighted by molar-refractivity contribution is 0.0698. The SMILES string of the molecule is CC(C)(C)c1ccc(C(=O)NC2CCN(C(=O)c3ccncc3)CC2)cc1. The summed E-state index contributed by atoms with van der Waals surface area (Å²) >= 11 is 0. The van der Waals surface area contributed by atoms with Crippen LogP contribution in [0.4, 0.5) is 0 Å². The van der Waals surface area contributed by atoms with Crippen LogP contribution in [-0.4, -0.2) is 40.8 Å². The van der Waals surface area contributed by atoms with E-state index in [9.17, 15) is 9.59 Å². The van der Waals surface area contributed by atoms with Gasteiger partial charge in [-0.1, -0.05) is 32.9 Å². The second-order valence-corrected chi connectivity index (χ2v) is 8.10. The van der Waals surface area contributed by atoms with E-state index >= 15 is 0 Å². The van der Waals surface area contributed by atoms with Crippen molar-refractivity contribution in [1.82, 2.24) is 15.2 Å². The van der Waals surface area contributed by atoms with Crippen molar-refractivity contribution in [3.05, 3.63) is 65.5 Å². The third-order valence-corrected chi connectivity index (χ3v) is 5.06. The number of aromatic nitrogens is 1. The lowest BCUT2D eigenvalue weighted by Gasteiger charge is -2.32. The Kier molecular flexibility index (Phi) is 5.59. The van der Waals surface area contributed by atoms with Gasteiger partial charge in [-0.25, -0.2) is 0 Å². The van der Waals surface area contributed by atoms with E-state index in [0.29, 0.717) is 24.2 Å². The van der Waals surface area contributed by atoms with Crippen molar-refractivity contribution < 1.29 is 9.59 Å². The molecule has 1 aliphatic rings. The summed E-state index contributed by atoms with van der Waals surface area (Å²) in [5.41, 5.74) is 2.62. The molecule has 3 rings (SSSR count). The molecule has 1 aromatic heterocycles. The average Bonchev–Trinajstić information content (AvgIpc) is 2.68. The minimum absolute atomic E-state index is 0.0277. The molecule has 0 atom stereocenters. The topological polar surface area (TPSA) is 62.3 Å². The number of nitrogens with one attached hydrogen (secondary N) is 1. The highest BCUT2D eigenvalue weighted by Gasteiger charge is 2.25. The largest absolute Gasteiger partial charge is 0.349 e. The van der Waals surface area contributed by atoms with Crippen molar-refractivity contribution in [2.45, 2.75) is 45.1 Å². The van der Waals surface area contributed by atoms with E-state index in [2.05, 4.69) is 31.1 Å². The fourth-order valence-corrected chi connectivity index (χ4v) is 3.29. The van der Waals surface area contributed by atoms with E-state index in [1.54, 1.807) is 24.5 Å². The van der Waals surface area contributed by atoms with Crippen molar-refractivity contribution in [1.29, 1.82) is 0 Å². The Balaban J connectivity index is 1.53. The Morgan fingerprint density at radius 1 is 0.963 bits per heavy atom. The zero-order valence-electron chi connectivity index (χ0n) is 16.2. The summed E-state index contributed by atoms with van der Waals surface area (Å²) < 4.78 is 0. The van der Waals surface area contributed by atoms with Gasteiger partial charge in [-0.2, -0.15) is 0 Å². The number of pyridine rings is 1. The summed E-state index contributed by atoms with van der Waals surface area (Å²) in [4.78, 5) is 30.8. The third kappa shape index (κ3) is 4.73. The number of likely N-dealkylation sites (tertiary alicyclic amines) is 1. The number of hydrogen-bond donors (Lipinski definition) is 1. The summed E-state index contributed by atoms with van der Waals surface area (Å²) in [5, 5.41) is 3.11. The maximum absolute atomic E-state index is 12.5. The third-order valence-electron chi connectivity index (χ3n) is 5.06. The molecule has 1 fully saturated rings.